The topological polar surface area (TPSA) is 81.8 Å². The number of pyridine rings is 1. The third-order valence-electron chi connectivity index (χ3n) is 2.91. The van der Waals surface area contributed by atoms with Crippen LogP contribution < -0.4 is 15.8 Å². The SMILES string of the molecule is CC(C)(C)NC(N)=NCc1ccnc(OC2CCOC2)c1. The summed E-state index contributed by atoms with van der Waals surface area (Å²) in [5.41, 5.74) is 6.77. The van der Waals surface area contributed by atoms with E-state index in [9.17, 15) is 0 Å². The van der Waals surface area contributed by atoms with E-state index in [1.807, 2.05) is 32.9 Å². The largest absolute Gasteiger partial charge is 0.472 e. The molecule has 0 bridgehead atoms. The van der Waals surface area contributed by atoms with Crippen molar-refractivity contribution in [2.45, 2.75) is 45.4 Å². The summed E-state index contributed by atoms with van der Waals surface area (Å²) in [5.74, 6) is 1.05. The van der Waals surface area contributed by atoms with Crippen LogP contribution in [0.2, 0.25) is 0 Å². The molecule has 1 atom stereocenters. The first-order chi connectivity index (χ1) is 9.92. The number of hydrogen-bond acceptors (Lipinski definition) is 4. The first-order valence-electron chi connectivity index (χ1n) is 7.20. The van der Waals surface area contributed by atoms with Crippen molar-refractivity contribution < 1.29 is 9.47 Å². The Morgan fingerprint density at radius 2 is 2.38 bits per heavy atom. The zero-order valence-electron chi connectivity index (χ0n) is 12.9. The van der Waals surface area contributed by atoms with Gasteiger partial charge in [-0.05, 0) is 32.4 Å². The molecule has 0 spiro atoms. The molecule has 1 fully saturated rings. The summed E-state index contributed by atoms with van der Waals surface area (Å²) >= 11 is 0. The minimum Gasteiger partial charge on any atom is -0.472 e. The molecule has 1 aromatic rings. The minimum absolute atomic E-state index is 0.0947. The lowest BCUT2D eigenvalue weighted by molar-refractivity contribution is 0.138. The molecular weight excluding hydrogens is 268 g/mol. The number of guanidine groups is 1. The summed E-state index contributed by atoms with van der Waals surface area (Å²) in [6.07, 6.45) is 2.74. The van der Waals surface area contributed by atoms with E-state index in [0.29, 0.717) is 25.0 Å². The zero-order chi connectivity index (χ0) is 15.3. The molecule has 0 amide bonds. The third kappa shape index (κ3) is 5.59. The van der Waals surface area contributed by atoms with Crippen molar-refractivity contribution in [2.24, 2.45) is 10.7 Å². The smallest absolute Gasteiger partial charge is 0.213 e. The van der Waals surface area contributed by atoms with Crippen molar-refractivity contribution in [3.8, 4) is 5.88 Å². The Kier molecular flexibility index (Phi) is 5.01. The number of rotatable bonds is 4. The predicted octanol–water partition coefficient (Wildman–Crippen LogP) is 1.45. The summed E-state index contributed by atoms with van der Waals surface area (Å²) in [5, 5.41) is 3.13. The number of ether oxygens (including phenoxy) is 2. The summed E-state index contributed by atoms with van der Waals surface area (Å²) in [4.78, 5) is 8.54. The van der Waals surface area contributed by atoms with Gasteiger partial charge < -0.3 is 20.5 Å². The molecule has 3 N–H and O–H groups in total. The highest BCUT2D eigenvalue weighted by molar-refractivity contribution is 5.78. The van der Waals surface area contributed by atoms with Gasteiger partial charge in [0.25, 0.3) is 0 Å². The average molecular weight is 292 g/mol. The van der Waals surface area contributed by atoms with Crippen LogP contribution >= 0.6 is 0 Å². The van der Waals surface area contributed by atoms with Crippen molar-refractivity contribution in [3.05, 3.63) is 23.9 Å². The van der Waals surface area contributed by atoms with Crippen LogP contribution in [0.25, 0.3) is 0 Å². The second-order valence-electron chi connectivity index (χ2n) is 6.18. The molecule has 1 aromatic heterocycles. The number of nitrogens with one attached hydrogen (secondary N) is 1. The molecule has 1 aliphatic heterocycles. The van der Waals surface area contributed by atoms with Crippen LogP contribution in [0.5, 0.6) is 5.88 Å². The van der Waals surface area contributed by atoms with Gasteiger partial charge in [0.15, 0.2) is 5.96 Å². The van der Waals surface area contributed by atoms with Gasteiger partial charge >= 0.3 is 0 Å². The molecule has 1 unspecified atom stereocenters. The molecule has 0 radical (unpaired) electrons. The van der Waals surface area contributed by atoms with Crippen molar-refractivity contribution in [2.75, 3.05) is 13.2 Å². The Morgan fingerprint density at radius 1 is 1.57 bits per heavy atom. The highest BCUT2D eigenvalue weighted by Crippen LogP contribution is 2.16. The predicted molar refractivity (Wildman–Crippen MR) is 82.3 cm³/mol. The summed E-state index contributed by atoms with van der Waals surface area (Å²) in [6.45, 7) is 8.00. The minimum atomic E-state index is -0.0947. The van der Waals surface area contributed by atoms with Gasteiger partial charge in [-0.2, -0.15) is 0 Å². The number of hydrogen-bond donors (Lipinski definition) is 2. The molecule has 116 valence electrons. The van der Waals surface area contributed by atoms with Crippen LogP contribution in [-0.2, 0) is 11.3 Å². The van der Waals surface area contributed by atoms with Crippen molar-refractivity contribution in [3.63, 3.8) is 0 Å². The maximum atomic E-state index is 5.85. The Labute approximate surface area is 125 Å². The first-order valence-corrected chi connectivity index (χ1v) is 7.20. The van der Waals surface area contributed by atoms with Crippen LogP contribution in [0, 0.1) is 0 Å². The number of aliphatic imine (C=N–C) groups is 1. The van der Waals surface area contributed by atoms with E-state index in [4.69, 9.17) is 15.2 Å². The van der Waals surface area contributed by atoms with Gasteiger partial charge in [-0.1, -0.05) is 0 Å². The molecule has 2 rings (SSSR count). The molecule has 0 aliphatic carbocycles. The van der Waals surface area contributed by atoms with E-state index in [-0.39, 0.29) is 11.6 Å². The third-order valence-corrected chi connectivity index (χ3v) is 2.91. The molecular formula is C15H24N4O2. The van der Waals surface area contributed by atoms with Crippen LogP contribution in [0.1, 0.15) is 32.8 Å². The molecule has 6 heteroatoms. The van der Waals surface area contributed by atoms with Crippen LogP contribution in [0.15, 0.2) is 23.3 Å². The van der Waals surface area contributed by atoms with Gasteiger partial charge in [-0.15, -0.1) is 0 Å². The van der Waals surface area contributed by atoms with Crippen LogP contribution in [-0.4, -0.2) is 35.8 Å². The van der Waals surface area contributed by atoms with Crippen LogP contribution in [0.4, 0.5) is 0 Å². The summed E-state index contributed by atoms with van der Waals surface area (Å²) in [7, 11) is 0. The summed E-state index contributed by atoms with van der Waals surface area (Å²) < 4.78 is 11.1. The van der Waals surface area contributed by atoms with Crippen LogP contribution in [0.3, 0.4) is 0 Å². The van der Waals surface area contributed by atoms with Gasteiger partial charge in [0.2, 0.25) is 5.88 Å². The normalized spacial score (nSPS) is 19.6. The lowest BCUT2D eigenvalue weighted by Crippen LogP contribution is -2.44. The van der Waals surface area contributed by atoms with Gasteiger partial charge in [0.1, 0.15) is 6.10 Å². The van der Waals surface area contributed by atoms with Crippen molar-refractivity contribution >= 4 is 5.96 Å². The van der Waals surface area contributed by atoms with E-state index in [0.717, 1.165) is 18.6 Å². The lowest BCUT2D eigenvalue weighted by atomic mass is 10.1. The lowest BCUT2D eigenvalue weighted by Gasteiger charge is -2.21. The van der Waals surface area contributed by atoms with Gasteiger partial charge in [-0.25, -0.2) is 9.98 Å². The Bertz CT molecular complexity index is 491. The highest BCUT2D eigenvalue weighted by Gasteiger charge is 2.17. The van der Waals surface area contributed by atoms with E-state index in [1.54, 1.807) is 6.20 Å². The van der Waals surface area contributed by atoms with E-state index in [2.05, 4.69) is 15.3 Å². The monoisotopic (exact) mass is 292 g/mol. The van der Waals surface area contributed by atoms with E-state index >= 15 is 0 Å². The molecule has 0 aromatic carbocycles. The van der Waals surface area contributed by atoms with Gasteiger partial charge in [0.05, 0.1) is 19.8 Å². The molecule has 1 aliphatic rings. The maximum absolute atomic E-state index is 5.85. The van der Waals surface area contributed by atoms with E-state index < -0.39 is 0 Å². The Balaban J connectivity index is 1.92. The quantitative estimate of drug-likeness (QED) is 0.648. The zero-order valence-corrected chi connectivity index (χ0v) is 12.9. The van der Waals surface area contributed by atoms with Crippen molar-refractivity contribution in [1.29, 1.82) is 0 Å². The fraction of sp³-hybridized carbons (Fsp3) is 0.600. The second kappa shape index (κ2) is 6.76. The molecule has 2 heterocycles. The first kappa shape index (κ1) is 15.6. The Morgan fingerprint density at radius 3 is 3.05 bits per heavy atom. The molecule has 6 nitrogen and oxygen atoms in total. The van der Waals surface area contributed by atoms with E-state index in [1.165, 1.54) is 0 Å². The molecule has 21 heavy (non-hydrogen) atoms. The molecule has 0 saturated carbocycles. The fourth-order valence-corrected chi connectivity index (χ4v) is 1.99. The summed E-state index contributed by atoms with van der Waals surface area (Å²) in [6, 6.07) is 3.80. The van der Waals surface area contributed by atoms with Gasteiger partial charge in [0, 0.05) is 24.2 Å². The standard InChI is InChI=1S/C15H24N4O2/c1-15(2,3)19-14(16)18-9-11-4-6-17-13(8-11)21-12-5-7-20-10-12/h4,6,8,12H,5,7,9-10H2,1-3H3,(H3,16,18,19). The number of nitrogens with zero attached hydrogens (tertiary/aromatic N) is 2. The molecule has 1 saturated heterocycles. The van der Waals surface area contributed by atoms with Crippen molar-refractivity contribution in [1.82, 2.24) is 10.3 Å². The number of nitrogens with two attached hydrogens (primary N) is 1. The highest BCUT2D eigenvalue weighted by atomic mass is 16.5. The maximum Gasteiger partial charge on any atom is 0.213 e. The fourth-order valence-electron chi connectivity index (χ4n) is 1.99. The Hall–Kier alpha value is -1.82. The average Bonchev–Trinajstić information content (AvgIpc) is 2.88. The van der Waals surface area contributed by atoms with Gasteiger partial charge in [-0.3, -0.25) is 0 Å². The number of aromatic nitrogens is 1. The second-order valence-corrected chi connectivity index (χ2v) is 6.18.